The fraction of sp³-hybridized carbons (Fsp3) is 0.857. The summed E-state index contributed by atoms with van der Waals surface area (Å²) in [5.41, 5.74) is 0. The molecule has 0 aromatic carbocycles. The van der Waals surface area contributed by atoms with Gasteiger partial charge in [0.1, 0.15) is 0 Å². The van der Waals surface area contributed by atoms with Crippen molar-refractivity contribution in [3.63, 3.8) is 0 Å². The maximum Gasteiger partial charge on any atom is 0.240 e. The van der Waals surface area contributed by atoms with Gasteiger partial charge in [-0.1, -0.05) is 5.16 Å². The Morgan fingerprint density at radius 1 is 1.19 bits per heavy atom. The van der Waals surface area contributed by atoms with Crippen molar-refractivity contribution in [3.8, 4) is 0 Å². The molecule has 2 aliphatic rings. The molecule has 0 spiro atoms. The molecule has 1 N–H and O–H groups in total. The van der Waals surface area contributed by atoms with E-state index in [-0.39, 0.29) is 6.04 Å². The zero-order valence-corrected chi connectivity index (χ0v) is 13.1. The Kier molecular flexibility index (Phi) is 4.84. The third-order valence-corrected chi connectivity index (χ3v) is 4.42. The second kappa shape index (κ2) is 6.83. The van der Waals surface area contributed by atoms with E-state index in [0.29, 0.717) is 0 Å². The molecular formula is C14H26N6O. The lowest BCUT2D eigenvalue weighted by Gasteiger charge is -2.35. The Balaban J connectivity index is 1.62. The van der Waals surface area contributed by atoms with Crippen molar-refractivity contribution in [2.24, 2.45) is 0 Å². The number of nitrogens with zero attached hydrogens (tertiary/aromatic N) is 5. The Bertz CT molecular complexity index is 442. The summed E-state index contributed by atoms with van der Waals surface area (Å²) < 4.78 is 5.48. The highest BCUT2D eigenvalue weighted by Gasteiger charge is 2.28. The van der Waals surface area contributed by atoms with Crippen LogP contribution in [0, 0.1) is 0 Å². The molecule has 21 heavy (non-hydrogen) atoms. The van der Waals surface area contributed by atoms with Crippen LogP contribution in [0.5, 0.6) is 0 Å². The average molecular weight is 294 g/mol. The van der Waals surface area contributed by atoms with Gasteiger partial charge < -0.3 is 14.7 Å². The lowest BCUT2D eigenvalue weighted by molar-refractivity contribution is 0.108. The molecule has 7 nitrogen and oxygen atoms in total. The smallest absolute Gasteiger partial charge is 0.240 e. The minimum atomic E-state index is 0.243. The minimum absolute atomic E-state index is 0.243. The number of nitrogens with one attached hydrogen (secondary N) is 1. The van der Waals surface area contributed by atoms with E-state index < -0.39 is 0 Å². The molecule has 3 rings (SSSR count). The van der Waals surface area contributed by atoms with Gasteiger partial charge in [0, 0.05) is 32.7 Å². The second-order valence-corrected chi connectivity index (χ2v) is 6.18. The lowest BCUT2D eigenvalue weighted by Crippen LogP contribution is -2.45. The molecular weight excluding hydrogens is 268 g/mol. The molecule has 7 heteroatoms. The predicted molar refractivity (Wildman–Crippen MR) is 79.9 cm³/mol. The first kappa shape index (κ1) is 14.9. The molecule has 1 aromatic rings. The van der Waals surface area contributed by atoms with Crippen LogP contribution in [-0.2, 0) is 6.54 Å². The number of piperazine rings is 1. The van der Waals surface area contributed by atoms with Crippen molar-refractivity contribution in [1.82, 2.24) is 30.2 Å². The van der Waals surface area contributed by atoms with Crippen LogP contribution in [0.25, 0.3) is 0 Å². The summed E-state index contributed by atoms with van der Waals surface area (Å²) in [6.07, 6.45) is 1.18. The van der Waals surface area contributed by atoms with Gasteiger partial charge in [0.15, 0.2) is 5.82 Å². The Hall–Kier alpha value is -1.02. The molecule has 0 aliphatic carbocycles. The van der Waals surface area contributed by atoms with Gasteiger partial charge in [-0.25, -0.2) is 0 Å². The first-order valence-corrected chi connectivity index (χ1v) is 7.87. The summed E-state index contributed by atoms with van der Waals surface area (Å²) in [7, 11) is 4.28. The molecule has 0 amide bonds. The standard InChI is InChI=1S/C14H26N6O/c1-18-8-9-19(2)12(10-18)14-16-13(21-17-14)11-20-6-3-4-15-5-7-20/h12,15H,3-11H2,1-2H3. The predicted octanol–water partition coefficient (Wildman–Crippen LogP) is -0.217. The van der Waals surface area contributed by atoms with Gasteiger partial charge in [0.05, 0.1) is 12.6 Å². The van der Waals surface area contributed by atoms with Crippen LogP contribution in [0.1, 0.15) is 24.2 Å². The summed E-state index contributed by atoms with van der Waals surface area (Å²) >= 11 is 0. The highest BCUT2D eigenvalue weighted by molar-refractivity contribution is 4.98. The Morgan fingerprint density at radius 3 is 3.00 bits per heavy atom. The summed E-state index contributed by atoms with van der Waals surface area (Å²) in [5, 5.41) is 7.63. The molecule has 1 unspecified atom stereocenters. The van der Waals surface area contributed by atoms with Gasteiger partial charge in [0.25, 0.3) is 0 Å². The van der Waals surface area contributed by atoms with E-state index in [9.17, 15) is 0 Å². The minimum Gasteiger partial charge on any atom is -0.338 e. The summed E-state index contributed by atoms with van der Waals surface area (Å²) in [6, 6.07) is 0.243. The molecule has 0 radical (unpaired) electrons. The fourth-order valence-corrected chi connectivity index (χ4v) is 3.01. The largest absolute Gasteiger partial charge is 0.338 e. The first-order chi connectivity index (χ1) is 10.2. The summed E-state index contributed by atoms with van der Waals surface area (Å²) in [4.78, 5) is 11.6. The van der Waals surface area contributed by atoms with Crippen molar-refractivity contribution in [3.05, 3.63) is 11.7 Å². The maximum absolute atomic E-state index is 5.48. The fourth-order valence-electron chi connectivity index (χ4n) is 3.01. The zero-order valence-electron chi connectivity index (χ0n) is 13.1. The number of hydrogen-bond donors (Lipinski definition) is 1. The third kappa shape index (κ3) is 3.79. The van der Waals surface area contributed by atoms with Gasteiger partial charge in [0.2, 0.25) is 5.89 Å². The maximum atomic E-state index is 5.48. The van der Waals surface area contributed by atoms with Gasteiger partial charge in [-0.3, -0.25) is 9.80 Å². The van der Waals surface area contributed by atoms with Crippen LogP contribution in [0.2, 0.25) is 0 Å². The van der Waals surface area contributed by atoms with E-state index in [1.807, 2.05) is 0 Å². The molecule has 2 fully saturated rings. The SMILES string of the molecule is CN1CCN(C)C(c2noc(CN3CCCNCC3)n2)C1. The molecule has 118 valence electrons. The van der Waals surface area contributed by atoms with Crippen LogP contribution in [0.4, 0.5) is 0 Å². The zero-order chi connectivity index (χ0) is 14.7. The van der Waals surface area contributed by atoms with Crippen LogP contribution < -0.4 is 5.32 Å². The van der Waals surface area contributed by atoms with Crippen LogP contribution in [0.3, 0.4) is 0 Å². The van der Waals surface area contributed by atoms with Crippen molar-refractivity contribution in [2.45, 2.75) is 19.0 Å². The van der Waals surface area contributed by atoms with E-state index in [1.54, 1.807) is 0 Å². The van der Waals surface area contributed by atoms with Crippen LogP contribution >= 0.6 is 0 Å². The van der Waals surface area contributed by atoms with Gasteiger partial charge in [-0.05, 0) is 33.6 Å². The monoisotopic (exact) mass is 294 g/mol. The molecule has 0 saturated carbocycles. The molecule has 0 bridgehead atoms. The van der Waals surface area contributed by atoms with E-state index >= 15 is 0 Å². The van der Waals surface area contributed by atoms with E-state index in [1.165, 1.54) is 6.42 Å². The number of hydrogen-bond acceptors (Lipinski definition) is 7. The normalized spacial score (nSPS) is 26.9. The molecule has 3 heterocycles. The Morgan fingerprint density at radius 2 is 2.10 bits per heavy atom. The average Bonchev–Trinajstić information content (AvgIpc) is 2.77. The van der Waals surface area contributed by atoms with E-state index in [2.05, 4.69) is 44.3 Å². The van der Waals surface area contributed by atoms with Crippen LogP contribution in [0.15, 0.2) is 4.52 Å². The molecule has 2 aliphatic heterocycles. The topological polar surface area (TPSA) is 60.7 Å². The molecule has 1 aromatic heterocycles. The number of aromatic nitrogens is 2. The number of likely N-dealkylation sites (N-methyl/N-ethyl adjacent to an activating group) is 2. The van der Waals surface area contributed by atoms with Crippen molar-refractivity contribution < 1.29 is 4.52 Å². The van der Waals surface area contributed by atoms with Crippen molar-refractivity contribution in [1.29, 1.82) is 0 Å². The van der Waals surface area contributed by atoms with Gasteiger partial charge >= 0.3 is 0 Å². The Labute approximate surface area is 126 Å². The molecule has 2 saturated heterocycles. The lowest BCUT2D eigenvalue weighted by atomic mass is 10.2. The highest BCUT2D eigenvalue weighted by atomic mass is 16.5. The van der Waals surface area contributed by atoms with E-state index in [0.717, 1.165) is 64.1 Å². The summed E-state index contributed by atoms with van der Waals surface area (Å²) in [5.74, 6) is 1.57. The number of rotatable bonds is 3. The van der Waals surface area contributed by atoms with Crippen molar-refractivity contribution >= 4 is 0 Å². The second-order valence-electron chi connectivity index (χ2n) is 6.18. The highest BCUT2D eigenvalue weighted by Crippen LogP contribution is 2.21. The van der Waals surface area contributed by atoms with Gasteiger partial charge in [-0.15, -0.1) is 0 Å². The summed E-state index contributed by atoms with van der Waals surface area (Å²) in [6.45, 7) is 8.15. The quantitative estimate of drug-likeness (QED) is 0.827. The third-order valence-electron chi connectivity index (χ3n) is 4.42. The van der Waals surface area contributed by atoms with E-state index in [4.69, 9.17) is 4.52 Å². The van der Waals surface area contributed by atoms with Crippen LogP contribution in [-0.4, -0.2) is 84.7 Å². The van der Waals surface area contributed by atoms with Gasteiger partial charge in [-0.2, -0.15) is 4.98 Å². The van der Waals surface area contributed by atoms with Crippen molar-refractivity contribution in [2.75, 3.05) is 59.9 Å². The first-order valence-electron chi connectivity index (χ1n) is 7.87. The molecule has 1 atom stereocenters.